The van der Waals surface area contributed by atoms with Gasteiger partial charge < -0.3 is 16.0 Å². The number of piperidine rings is 1. The predicted octanol–water partition coefficient (Wildman–Crippen LogP) is 0.128. The maximum atomic E-state index is 12.0. The third-order valence-electron chi connectivity index (χ3n) is 4.43. The van der Waals surface area contributed by atoms with Crippen molar-refractivity contribution in [3.05, 3.63) is 0 Å². The Morgan fingerprint density at radius 1 is 1.20 bits per heavy atom. The first-order chi connectivity index (χ1) is 11.7. The van der Waals surface area contributed by atoms with Crippen LogP contribution in [0.25, 0.3) is 0 Å². The molecule has 0 aliphatic carbocycles. The summed E-state index contributed by atoms with van der Waals surface area (Å²) in [7, 11) is -1.42. The van der Waals surface area contributed by atoms with Crippen LogP contribution in [0.3, 0.4) is 0 Å². The summed E-state index contributed by atoms with van der Waals surface area (Å²) < 4.78 is 25.4. The van der Waals surface area contributed by atoms with Crippen LogP contribution in [0.4, 0.5) is 0 Å². The molecule has 0 saturated carbocycles. The molecule has 0 unspecified atom stereocenters. The van der Waals surface area contributed by atoms with Gasteiger partial charge in [-0.2, -0.15) is 0 Å². The highest BCUT2D eigenvalue weighted by molar-refractivity contribution is 7.89. The third kappa shape index (κ3) is 6.47. The van der Waals surface area contributed by atoms with E-state index in [2.05, 4.69) is 20.9 Å². The van der Waals surface area contributed by atoms with E-state index in [1.807, 2.05) is 20.8 Å². The number of rotatable bonds is 7. The molecule has 1 saturated heterocycles. The summed E-state index contributed by atoms with van der Waals surface area (Å²) >= 11 is 0. The van der Waals surface area contributed by atoms with Crippen LogP contribution in [0.1, 0.15) is 40.5 Å². The molecular weight excluding hydrogens is 342 g/mol. The maximum Gasteiger partial charge on any atom is 0.227 e. The molecule has 0 bridgehead atoms. The molecule has 1 aliphatic heterocycles. The van der Waals surface area contributed by atoms with Crippen molar-refractivity contribution in [2.75, 3.05) is 39.0 Å². The second-order valence-corrected chi connectivity index (χ2v) is 9.14. The lowest BCUT2D eigenvalue weighted by Crippen LogP contribution is -2.52. The van der Waals surface area contributed by atoms with Gasteiger partial charge in [-0.15, -0.1) is 0 Å². The Bertz CT molecular complexity index is 566. The lowest BCUT2D eigenvalue weighted by molar-refractivity contribution is -0.128. The van der Waals surface area contributed by atoms with Crippen molar-refractivity contribution in [3.63, 3.8) is 0 Å². The number of nitrogens with one attached hydrogen (secondary N) is 3. The monoisotopic (exact) mass is 375 g/mol. The van der Waals surface area contributed by atoms with Crippen molar-refractivity contribution in [3.8, 4) is 0 Å². The molecule has 146 valence electrons. The van der Waals surface area contributed by atoms with Gasteiger partial charge in [-0.1, -0.05) is 0 Å². The summed E-state index contributed by atoms with van der Waals surface area (Å²) in [5.74, 6) is 0.772. The highest BCUT2D eigenvalue weighted by Crippen LogP contribution is 2.15. The number of aliphatic imine (C=N–C) groups is 1. The number of hydrogen-bond acceptors (Lipinski definition) is 4. The zero-order valence-corrected chi connectivity index (χ0v) is 16.9. The normalized spacial score (nSPS) is 18.0. The Morgan fingerprint density at radius 3 is 2.28 bits per heavy atom. The number of guanidine groups is 1. The van der Waals surface area contributed by atoms with Crippen LogP contribution in [-0.4, -0.2) is 69.6 Å². The average Bonchev–Trinajstić information content (AvgIpc) is 2.59. The van der Waals surface area contributed by atoms with Crippen LogP contribution in [0, 0.1) is 5.41 Å². The smallest absolute Gasteiger partial charge is 0.227 e. The van der Waals surface area contributed by atoms with Crippen molar-refractivity contribution in [2.45, 2.75) is 46.6 Å². The van der Waals surface area contributed by atoms with Gasteiger partial charge in [-0.05, 0) is 40.5 Å². The highest BCUT2D eigenvalue weighted by Gasteiger charge is 2.29. The lowest BCUT2D eigenvalue weighted by atomic mass is 9.92. The standard InChI is InChI=1S/C16H33N5O3S/c1-6-18-14(22)16(3,4)12-19-15(17-5)20-13-8-10-21(11-9-13)25(23,24)7-2/h13H,6-12H2,1-5H3,(H,18,22)(H2,17,19,20). The number of nitrogens with zero attached hydrogens (tertiary/aromatic N) is 2. The fraction of sp³-hybridized carbons (Fsp3) is 0.875. The van der Waals surface area contributed by atoms with Gasteiger partial charge in [0.05, 0.1) is 11.2 Å². The Morgan fingerprint density at radius 2 is 1.80 bits per heavy atom. The first-order valence-electron chi connectivity index (χ1n) is 8.89. The van der Waals surface area contributed by atoms with E-state index in [0.717, 1.165) is 12.8 Å². The topological polar surface area (TPSA) is 103 Å². The van der Waals surface area contributed by atoms with E-state index >= 15 is 0 Å². The summed E-state index contributed by atoms with van der Waals surface area (Å²) in [6, 6.07) is 0.169. The van der Waals surface area contributed by atoms with Gasteiger partial charge in [0.1, 0.15) is 0 Å². The summed E-state index contributed by atoms with van der Waals surface area (Å²) in [5.41, 5.74) is -0.549. The van der Waals surface area contributed by atoms with Crippen LogP contribution in [0.15, 0.2) is 4.99 Å². The van der Waals surface area contributed by atoms with Gasteiger partial charge in [0.15, 0.2) is 5.96 Å². The zero-order chi connectivity index (χ0) is 19.1. The van der Waals surface area contributed by atoms with E-state index < -0.39 is 15.4 Å². The van der Waals surface area contributed by atoms with Crippen LogP contribution in [-0.2, 0) is 14.8 Å². The van der Waals surface area contributed by atoms with Crippen LogP contribution >= 0.6 is 0 Å². The van der Waals surface area contributed by atoms with Crippen molar-refractivity contribution < 1.29 is 13.2 Å². The van der Waals surface area contributed by atoms with Crippen LogP contribution in [0.2, 0.25) is 0 Å². The first kappa shape index (κ1) is 21.7. The molecule has 1 fully saturated rings. The van der Waals surface area contributed by atoms with E-state index in [-0.39, 0.29) is 17.7 Å². The van der Waals surface area contributed by atoms with E-state index in [9.17, 15) is 13.2 Å². The number of amides is 1. The van der Waals surface area contributed by atoms with E-state index in [1.165, 1.54) is 0 Å². The summed E-state index contributed by atoms with van der Waals surface area (Å²) in [6.45, 7) is 9.44. The van der Waals surface area contributed by atoms with Gasteiger partial charge in [-0.25, -0.2) is 12.7 Å². The molecule has 0 spiro atoms. The largest absolute Gasteiger partial charge is 0.356 e. The molecule has 9 heteroatoms. The van der Waals surface area contributed by atoms with Gasteiger partial charge >= 0.3 is 0 Å². The Labute approximate surface area is 151 Å². The minimum atomic E-state index is -3.11. The molecule has 0 aromatic rings. The quantitative estimate of drug-likeness (QED) is 0.433. The molecule has 3 N–H and O–H groups in total. The van der Waals surface area contributed by atoms with Crippen molar-refractivity contribution in [2.24, 2.45) is 10.4 Å². The molecule has 0 aromatic heterocycles. The molecule has 1 amide bonds. The van der Waals surface area contributed by atoms with Crippen LogP contribution in [0.5, 0.6) is 0 Å². The van der Waals surface area contributed by atoms with Crippen molar-refractivity contribution in [1.29, 1.82) is 0 Å². The van der Waals surface area contributed by atoms with Crippen molar-refractivity contribution in [1.82, 2.24) is 20.3 Å². The molecule has 1 rings (SSSR count). The summed E-state index contributed by atoms with van der Waals surface area (Å²) in [6.07, 6.45) is 1.47. The molecule has 1 aliphatic rings. The zero-order valence-electron chi connectivity index (χ0n) is 16.1. The average molecular weight is 376 g/mol. The molecule has 0 aromatic carbocycles. The minimum absolute atomic E-state index is 0.00367. The predicted molar refractivity (Wildman–Crippen MR) is 101 cm³/mol. The fourth-order valence-electron chi connectivity index (χ4n) is 2.63. The molecule has 1 heterocycles. The van der Waals surface area contributed by atoms with Gasteiger partial charge in [0.25, 0.3) is 0 Å². The van der Waals surface area contributed by atoms with Gasteiger partial charge in [0, 0.05) is 39.3 Å². The fourth-order valence-corrected chi connectivity index (χ4v) is 3.77. The Kier molecular flexibility index (Phi) is 8.14. The van der Waals surface area contributed by atoms with E-state index in [4.69, 9.17) is 0 Å². The summed E-state index contributed by atoms with van der Waals surface area (Å²) in [5, 5.41) is 9.35. The maximum absolute atomic E-state index is 12.0. The second kappa shape index (κ2) is 9.38. The van der Waals surface area contributed by atoms with E-state index in [0.29, 0.717) is 32.1 Å². The van der Waals surface area contributed by atoms with Crippen LogP contribution < -0.4 is 16.0 Å². The lowest BCUT2D eigenvalue weighted by Gasteiger charge is -2.32. The Hall–Kier alpha value is -1.35. The molecule has 0 radical (unpaired) electrons. The number of carbonyl (C=O) groups excluding carboxylic acids is 1. The number of sulfonamides is 1. The van der Waals surface area contributed by atoms with Crippen molar-refractivity contribution >= 4 is 21.9 Å². The third-order valence-corrected chi connectivity index (χ3v) is 6.31. The number of carbonyl (C=O) groups is 1. The van der Waals surface area contributed by atoms with E-state index in [1.54, 1.807) is 18.3 Å². The van der Waals surface area contributed by atoms with Gasteiger partial charge in [0.2, 0.25) is 15.9 Å². The molecule has 0 atom stereocenters. The highest BCUT2D eigenvalue weighted by atomic mass is 32.2. The second-order valence-electron chi connectivity index (χ2n) is 6.89. The van der Waals surface area contributed by atoms with Gasteiger partial charge in [-0.3, -0.25) is 9.79 Å². The molecule has 25 heavy (non-hydrogen) atoms. The summed E-state index contributed by atoms with van der Waals surface area (Å²) in [4.78, 5) is 16.2. The SMILES string of the molecule is CCNC(=O)C(C)(C)CNC(=NC)NC1CCN(S(=O)(=O)CC)CC1. The Balaban J connectivity index is 2.49. The number of hydrogen-bond donors (Lipinski definition) is 3. The molecular formula is C16H33N5O3S. The first-order valence-corrected chi connectivity index (χ1v) is 10.5. The molecule has 8 nitrogen and oxygen atoms in total. The minimum Gasteiger partial charge on any atom is -0.356 e.